The van der Waals surface area contributed by atoms with Gasteiger partial charge in [-0.1, -0.05) is 41.1 Å². The highest BCUT2D eigenvalue weighted by atomic mass is 35.5. The molecule has 0 spiro atoms. The van der Waals surface area contributed by atoms with Gasteiger partial charge in [0.15, 0.2) is 5.82 Å². The molecule has 0 saturated heterocycles. The van der Waals surface area contributed by atoms with Gasteiger partial charge in [-0.25, -0.2) is 0 Å². The lowest BCUT2D eigenvalue weighted by molar-refractivity contribution is 0.942. The number of nitrogens with one attached hydrogen (secondary N) is 2. The molecule has 1 aromatic heterocycles. The Balaban J connectivity index is 1.80. The van der Waals surface area contributed by atoms with Crippen LogP contribution in [-0.4, -0.2) is 15.4 Å². The molecule has 0 amide bonds. The number of hydrogen-bond acceptors (Lipinski definition) is 3. The Hall–Kier alpha value is -2.33. The van der Waals surface area contributed by atoms with Gasteiger partial charge in [-0.3, -0.25) is 5.10 Å². The number of benzene rings is 2. The predicted molar refractivity (Wildman–Crippen MR) is 76.6 cm³/mol. The normalized spacial score (nSPS) is 10.4. The zero-order valence-corrected chi connectivity index (χ0v) is 10.7. The van der Waals surface area contributed by atoms with Crippen molar-refractivity contribution in [1.82, 2.24) is 15.4 Å². The lowest BCUT2D eigenvalue weighted by atomic mass is 10.1. The summed E-state index contributed by atoms with van der Waals surface area (Å²) in [6.45, 7) is 0. The second-order valence-electron chi connectivity index (χ2n) is 4.07. The first-order chi connectivity index (χ1) is 9.31. The van der Waals surface area contributed by atoms with Crippen LogP contribution in [0.5, 0.6) is 0 Å². The summed E-state index contributed by atoms with van der Waals surface area (Å²) in [6.07, 6.45) is 1.70. The molecule has 94 valence electrons. The number of aromatic amines is 1. The summed E-state index contributed by atoms with van der Waals surface area (Å²) in [7, 11) is 0. The molecule has 0 bridgehead atoms. The number of hydrogen-bond donors (Lipinski definition) is 2. The van der Waals surface area contributed by atoms with Crippen LogP contribution in [0, 0.1) is 0 Å². The lowest BCUT2D eigenvalue weighted by Crippen LogP contribution is -1.90. The largest absolute Gasteiger partial charge is 0.337 e. The van der Waals surface area contributed by atoms with Gasteiger partial charge in [0.05, 0.1) is 6.20 Å². The third-order valence-corrected chi connectivity index (χ3v) is 3.00. The van der Waals surface area contributed by atoms with Gasteiger partial charge in [0.1, 0.15) is 0 Å². The summed E-state index contributed by atoms with van der Waals surface area (Å²) in [5.74, 6) is 0.694. The Labute approximate surface area is 115 Å². The topological polar surface area (TPSA) is 53.6 Å². The van der Waals surface area contributed by atoms with Gasteiger partial charge in [-0.2, -0.15) is 0 Å². The van der Waals surface area contributed by atoms with Gasteiger partial charge < -0.3 is 5.32 Å². The maximum Gasteiger partial charge on any atom is 0.172 e. The standard InChI is InChI=1S/C14H11ClN4/c15-12-5-1-10(2-6-12)11-3-7-13(8-4-11)17-14-9-16-19-18-14/h1-9H,(H2,16,17,18,19). The molecule has 3 aromatic rings. The molecule has 0 radical (unpaired) electrons. The molecule has 4 nitrogen and oxygen atoms in total. The molecule has 1 heterocycles. The summed E-state index contributed by atoms with van der Waals surface area (Å²) < 4.78 is 0. The summed E-state index contributed by atoms with van der Waals surface area (Å²) in [4.78, 5) is 0. The number of aromatic nitrogens is 3. The minimum absolute atomic E-state index is 0.694. The van der Waals surface area contributed by atoms with Crippen molar-refractivity contribution in [3.05, 3.63) is 59.8 Å². The van der Waals surface area contributed by atoms with E-state index in [4.69, 9.17) is 11.6 Å². The molecule has 0 fully saturated rings. The van der Waals surface area contributed by atoms with E-state index in [1.165, 1.54) is 0 Å². The van der Waals surface area contributed by atoms with Crippen LogP contribution in [0.15, 0.2) is 54.7 Å². The zero-order valence-electron chi connectivity index (χ0n) is 9.97. The number of H-pyrrole nitrogens is 1. The number of rotatable bonds is 3. The second kappa shape index (κ2) is 5.12. The fraction of sp³-hybridized carbons (Fsp3) is 0. The summed E-state index contributed by atoms with van der Waals surface area (Å²) in [5, 5.41) is 14.1. The van der Waals surface area contributed by atoms with Crippen molar-refractivity contribution < 1.29 is 0 Å². The Morgan fingerprint density at radius 3 is 2.11 bits per heavy atom. The van der Waals surface area contributed by atoms with Crippen molar-refractivity contribution in [2.75, 3.05) is 5.32 Å². The van der Waals surface area contributed by atoms with E-state index >= 15 is 0 Å². The van der Waals surface area contributed by atoms with E-state index in [0.29, 0.717) is 5.82 Å². The number of anilines is 2. The van der Waals surface area contributed by atoms with Crippen LogP contribution in [0.25, 0.3) is 11.1 Å². The number of halogens is 1. The van der Waals surface area contributed by atoms with Crippen LogP contribution >= 0.6 is 11.6 Å². The molecular weight excluding hydrogens is 260 g/mol. The van der Waals surface area contributed by atoms with Crippen LogP contribution in [0.3, 0.4) is 0 Å². The summed E-state index contributed by atoms with van der Waals surface area (Å²) in [6, 6.07) is 15.9. The molecule has 0 aliphatic rings. The summed E-state index contributed by atoms with van der Waals surface area (Å²) >= 11 is 5.88. The third-order valence-electron chi connectivity index (χ3n) is 2.75. The first-order valence-electron chi connectivity index (χ1n) is 5.81. The highest BCUT2D eigenvalue weighted by Gasteiger charge is 2.00. The summed E-state index contributed by atoms with van der Waals surface area (Å²) in [5.41, 5.74) is 3.24. The molecule has 0 aliphatic carbocycles. The van der Waals surface area contributed by atoms with Gasteiger partial charge in [0.25, 0.3) is 0 Å². The van der Waals surface area contributed by atoms with Gasteiger partial charge in [0, 0.05) is 10.7 Å². The fourth-order valence-corrected chi connectivity index (χ4v) is 1.92. The van der Waals surface area contributed by atoms with E-state index in [2.05, 4.69) is 20.7 Å². The highest BCUT2D eigenvalue weighted by Crippen LogP contribution is 2.23. The van der Waals surface area contributed by atoms with Crippen molar-refractivity contribution in [3.8, 4) is 11.1 Å². The van der Waals surface area contributed by atoms with Gasteiger partial charge in [-0.05, 0) is 35.4 Å². The van der Waals surface area contributed by atoms with E-state index < -0.39 is 0 Å². The molecule has 2 N–H and O–H groups in total. The SMILES string of the molecule is Clc1ccc(-c2ccc(Nc3c[nH]nn3)cc2)cc1. The Morgan fingerprint density at radius 2 is 1.53 bits per heavy atom. The molecule has 0 unspecified atom stereocenters. The number of nitrogens with zero attached hydrogens (tertiary/aromatic N) is 2. The van der Waals surface area contributed by atoms with E-state index in [1.807, 2.05) is 48.5 Å². The molecular formula is C14H11ClN4. The average molecular weight is 271 g/mol. The third kappa shape index (κ3) is 2.74. The zero-order chi connectivity index (χ0) is 13.1. The molecule has 5 heteroatoms. The molecule has 2 aromatic carbocycles. The average Bonchev–Trinajstić information content (AvgIpc) is 2.94. The molecule has 0 aliphatic heterocycles. The lowest BCUT2D eigenvalue weighted by Gasteiger charge is -2.05. The van der Waals surface area contributed by atoms with Gasteiger partial charge in [0.2, 0.25) is 0 Å². The van der Waals surface area contributed by atoms with E-state index in [0.717, 1.165) is 21.8 Å². The fourth-order valence-electron chi connectivity index (χ4n) is 1.80. The van der Waals surface area contributed by atoms with Crippen LogP contribution < -0.4 is 5.32 Å². The first kappa shape index (κ1) is 11.7. The quantitative estimate of drug-likeness (QED) is 0.760. The van der Waals surface area contributed by atoms with Gasteiger partial charge in [-0.15, -0.1) is 5.10 Å². The molecule has 3 rings (SSSR count). The molecule has 0 atom stereocenters. The smallest absolute Gasteiger partial charge is 0.172 e. The predicted octanol–water partition coefficient (Wildman–Crippen LogP) is 3.87. The van der Waals surface area contributed by atoms with Crippen LogP contribution in [0.1, 0.15) is 0 Å². The molecule has 19 heavy (non-hydrogen) atoms. The van der Waals surface area contributed by atoms with Crippen molar-refractivity contribution in [1.29, 1.82) is 0 Å². The molecule has 0 saturated carbocycles. The Morgan fingerprint density at radius 1 is 0.895 bits per heavy atom. The van der Waals surface area contributed by atoms with Crippen molar-refractivity contribution in [2.45, 2.75) is 0 Å². The minimum atomic E-state index is 0.694. The minimum Gasteiger partial charge on any atom is -0.337 e. The maximum atomic E-state index is 5.88. The second-order valence-corrected chi connectivity index (χ2v) is 4.50. The van der Waals surface area contributed by atoms with Crippen molar-refractivity contribution in [2.24, 2.45) is 0 Å². The Kier molecular flexibility index (Phi) is 3.16. The van der Waals surface area contributed by atoms with Crippen molar-refractivity contribution in [3.63, 3.8) is 0 Å². The van der Waals surface area contributed by atoms with Crippen LogP contribution in [0.2, 0.25) is 5.02 Å². The van der Waals surface area contributed by atoms with Crippen LogP contribution in [-0.2, 0) is 0 Å². The maximum absolute atomic E-state index is 5.88. The first-order valence-corrected chi connectivity index (χ1v) is 6.18. The van der Waals surface area contributed by atoms with Crippen LogP contribution in [0.4, 0.5) is 11.5 Å². The van der Waals surface area contributed by atoms with E-state index in [1.54, 1.807) is 6.20 Å². The van der Waals surface area contributed by atoms with Gasteiger partial charge >= 0.3 is 0 Å². The van der Waals surface area contributed by atoms with E-state index in [-0.39, 0.29) is 0 Å². The Bertz CT molecular complexity index is 645. The highest BCUT2D eigenvalue weighted by molar-refractivity contribution is 6.30. The monoisotopic (exact) mass is 270 g/mol. The van der Waals surface area contributed by atoms with Crippen molar-refractivity contribution >= 4 is 23.1 Å². The van der Waals surface area contributed by atoms with E-state index in [9.17, 15) is 0 Å².